The fourth-order valence-corrected chi connectivity index (χ4v) is 0.877. The van der Waals surface area contributed by atoms with Gasteiger partial charge in [-0.2, -0.15) is 0 Å². The van der Waals surface area contributed by atoms with Crippen LogP contribution in [0.25, 0.3) is 0 Å². The van der Waals surface area contributed by atoms with Crippen molar-refractivity contribution in [2.24, 2.45) is 0 Å². The van der Waals surface area contributed by atoms with Gasteiger partial charge in [0.25, 0.3) is 0 Å². The normalized spacial score (nSPS) is 7.21. The Labute approximate surface area is 118 Å². The first-order chi connectivity index (χ1) is 9.15. The maximum Gasteiger partial charge on any atom is 0.123 e. The largest absolute Gasteiger partial charge is 0.303 e. The zero-order valence-corrected chi connectivity index (χ0v) is 12.9. The van der Waals surface area contributed by atoms with E-state index in [0.29, 0.717) is 12.8 Å². The molecule has 0 aromatic heterocycles. The lowest BCUT2D eigenvalue weighted by atomic mass is 10.1. The van der Waals surface area contributed by atoms with Crippen molar-refractivity contribution in [2.45, 2.75) is 53.9 Å². The highest BCUT2D eigenvalue weighted by Crippen LogP contribution is 2.03. The molecule has 108 valence electrons. The van der Waals surface area contributed by atoms with Gasteiger partial charge in [0.15, 0.2) is 0 Å². The number of hydrogen-bond acceptors (Lipinski definition) is 1. The maximum absolute atomic E-state index is 12.3. The summed E-state index contributed by atoms with van der Waals surface area (Å²) in [6.45, 7) is 9.90. The van der Waals surface area contributed by atoms with Crippen LogP contribution in [0.15, 0.2) is 24.3 Å². The number of terminal acetylenes is 1. The van der Waals surface area contributed by atoms with Gasteiger partial charge >= 0.3 is 0 Å². The lowest BCUT2D eigenvalue weighted by Crippen LogP contribution is -1.85. The molecule has 0 heterocycles. The van der Waals surface area contributed by atoms with E-state index in [0.717, 1.165) is 11.8 Å². The number of halogens is 1. The molecule has 0 saturated heterocycles. The second-order valence-corrected chi connectivity index (χ2v) is 3.33. The average Bonchev–Trinajstić information content (AvgIpc) is 2.42. The van der Waals surface area contributed by atoms with Crippen LogP contribution in [0, 0.1) is 18.2 Å². The fraction of sp³-hybridized carbons (Fsp3) is 0.471. The third kappa shape index (κ3) is 22.1. The number of aldehydes is 1. The standard InChI is InChI=1S/C9H9FO.C3H8.C3H4.C2H6/c10-9-5-3-8(4-6-9)2-1-7-11;2*1-3-2;1-2/h3-7H,1-2H2;3H2,1-2H3;1H,2H3;1-2H3. The molecule has 0 saturated carbocycles. The first-order valence-corrected chi connectivity index (χ1v) is 6.71. The van der Waals surface area contributed by atoms with E-state index >= 15 is 0 Å². The highest BCUT2D eigenvalue weighted by Gasteiger charge is 1.92. The molecule has 19 heavy (non-hydrogen) atoms. The zero-order chi connectivity index (χ0) is 15.5. The predicted molar refractivity (Wildman–Crippen MR) is 82.6 cm³/mol. The van der Waals surface area contributed by atoms with E-state index in [1.54, 1.807) is 19.1 Å². The zero-order valence-electron chi connectivity index (χ0n) is 12.9. The molecule has 0 bridgehead atoms. The second-order valence-electron chi connectivity index (χ2n) is 3.33. The number of rotatable bonds is 3. The summed E-state index contributed by atoms with van der Waals surface area (Å²) < 4.78 is 12.3. The molecule has 2 heteroatoms. The average molecular weight is 266 g/mol. The smallest absolute Gasteiger partial charge is 0.123 e. The molecule has 0 aliphatic carbocycles. The lowest BCUT2D eigenvalue weighted by Gasteiger charge is -1.95. The molecule has 0 N–H and O–H groups in total. The second kappa shape index (κ2) is 21.6. The van der Waals surface area contributed by atoms with Crippen LogP contribution < -0.4 is 0 Å². The van der Waals surface area contributed by atoms with E-state index in [9.17, 15) is 9.18 Å². The van der Waals surface area contributed by atoms with Gasteiger partial charge in [-0.15, -0.1) is 12.3 Å². The summed E-state index contributed by atoms with van der Waals surface area (Å²) in [6.07, 6.45) is 7.92. The fourth-order valence-electron chi connectivity index (χ4n) is 0.877. The lowest BCUT2D eigenvalue weighted by molar-refractivity contribution is -0.107. The predicted octanol–water partition coefficient (Wildman–Crippen LogP) is 5.04. The van der Waals surface area contributed by atoms with Crippen LogP contribution in [0.3, 0.4) is 0 Å². The summed E-state index contributed by atoms with van der Waals surface area (Å²) in [5.41, 5.74) is 0.999. The molecule has 0 radical (unpaired) electrons. The van der Waals surface area contributed by atoms with Crippen molar-refractivity contribution in [3.8, 4) is 12.3 Å². The van der Waals surface area contributed by atoms with Crippen molar-refractivity contribution >= 4 is 6.29 Å². The van der Waals surface area contributed by atoms with Crippen LogP contribution in [0.4, 0.5) is 4.39 Å². The number of hydrogen-bond donors (Lipinski definition) is 0. The Morgan fingerprint density at radius 2 is 1.58 bits per heavy atom. The minimum Gasteiger partial charge on any atom is -0.303 e. The first kappa shape index (κ1) is 22.6. The van der Waals surface area contributed by atoms with Crippen molar-refractivity contribution < 1.29 is 9.18 Å². The van der Waals surface area contributed by atoms with Crippen LogP contribution in [0.2, 0.25) is 0 Å². The minimum absolute atomic E-state index is 0.236. The Morgan fingerprint density at radius 1 is 1.21 bits per heavy atom. The number of benzene rings is 1. The van der Waals surface area contributed by atoms with Gasteiger partial charge in [-0.25, -0.2) is 4.39 Å². The Bertz CT molecular complexity index is 309. The monoisotopic (exact) mass is 266 g/mol. The minimum atomic E-state index is -0.236. The maximum atomic E-state index is 12.3. The third-order valence-electron chi connectivity index (χ3n) is 1.46. The molecule has 1 nitrogen and oxygen atoms in total. The molecule has 0 unspecified atom stereocenters. The molecular weight excluding hydrogens is 239 g/mol. The third-order valence-corrected chi connectivity index (χ3v) is 1.46. The van der Waals surface area contributed by atoms with Crippen molar-refractivity contribution in [1.82, 2.24) is 0 Å². The number of aryl methyl sites for hydroxylation is 1. The van der Waals surface area contributed by atoms with Gasteiger partial charge in [0.1, 0.15) is 12.1 Å². The Hall–Kier alpha value is -1.62. The van der Waals surface area contributed by atoms with Crippen molar-refractivity contribution in [2.75, 3.05) is 0 Å². The van der Waals surface area contributed by atoms with Crippen molar-refractivity contribution in [3.63, 3.8) is 0 Å². The molecule has 0 aliphatic heterocycles. The molecule has 1 aromatic carbocycles. The van der Waals surface area contributed by atoms with E-state index < -0.39 is 0 Å². The van der Waals surface area contributed by atoms with Gasteiger partial charge in [0.05, 0.1) is 0 Å². The van der Waals surface area contributed by atoms with Gasteiger partial charge in [-0.05, 0) is 31.0 Å². The quantitative estimate of drug-likeness (QED) is 0.553. The van der Waals surface area contributed by atoms with Crippen LogP contribution in [0.5, 0.6) is 0 Å². The molecule has 1 rings (SSSR count). The summed E-state index contributed by atoms with van der Waals surface area (Å²) in [5.74, 6) is 2.01. The molecule has 0 fully saturated rings. The van der Waals surface area contributed by atoms with Gasteiger partial charge in [0, 0.05) is 6.42 Å². The summed E-state index contributed by atoms with van der Waals surface area (Å²) in [4.78, 5) is 9.97. The van der Waals surface area contributed by atoms with Gasteiger partial charge in [-0.1, -0.05) is 46.2 Å². The molecule has 1 aromatic rings. The Morgan fingerprint density at radius 3 is 1.89 bits per heavy atom. The summed E-state index contributed by atoms with van der Waals surface area (Å²) in [5, 5.41) is 0. The Balaban J connectivity index is -0.000000269. The summed E-state index contributed by atoms with van der Waals surface area (Å²) >= 11 is 0. The van der Waals surface area contributed by atoms with Crippen molar-refractivity contribution in [3.05, 3.63) is 35.6 Å². The van der Waals surface area contributed by atoms with Crippen LogP contribution in [-0.4, -0.2) is 6.29 Å². The summed E-state index contributed by atoms with van der Waals surface area (Å²) in [6, 6.07) is 6.19. The SMILES string of the molecule is C#CC.CC.CCC.O=CCCc1ccc(F)cc1. The topological polar surface area (TPSA) is 17.1 Å². The first-order valence-electron chi connectivity index (χ1n) is 6.71. The van der Waals surface area contributed by atoms with Crippen LogP contribution in [-0.2, 0) is 11.2 Å². The molecule has 0 amide bonds. The Kier molecular flexibility index (Phi) is 25.7. The van der Waals surface area contributed by atoms with Crippen LogP contribution >= 0.6 is 0 Å². The molecular formula is C17H27FO. The van der Waals surface area contributed by atoms with E-state index in [1.807, 2.05) is 13.8 Å². The van der Waals surface area contributed by atoms with Gasteiger partial charge < -0.3 is 4.79 Å². The van der Waals surface area contributed by atoms with Gasteiger partial charge in [0.2, 0.25) is 0 Å². The summed E-state index contributed by atoms with van der Waals surface area (Å²) in [7, 11) is 0. The molecule has 0 spiro atoms. The molecule has 0 atom stereocenters. The highest BCUT2D eigenvalue weighted by atomic mass is 19.1. The van der Waals surface area contributed by atoms with E-state index in [1.165, 1.54) is 18.6 Å². The number of carbonyl (C=O) groups is 1. The van der Waals surface area contributed by atoms with Gasteiger partial charge in [-0.3, -0.25) is 0 Å². The molecule has 0 aliphatic rings. The van der Waals surface area contributed by atoms with Crippen molar-refractivity contribution in [1.29, 1.82) is 0 Å². The highest BCUT2D eigenvalue weighted by molar-refractivity contribution is 5.50. The van der Waals surface area contributed by atoms with E-state index in [4.69, 9.17) is 0 Å². The van der Waals surface area contributed by atoms with E-state index in [2.05, 4.69) is 26.2 Å². The van der Waals surface area contributed by atoms with E-state index in [-0.39, 0.29) is 5.82 Å². The number of carbonyl (C=O) groups excluding carboxylic acids is 1. The van der Waals surface area contributed by atoms with Crippen LogP contribution in [0.1, 0.15) is 53.0 Å².